The quantitative estimate of drug-likeness (QED) is 0.811. The Morgan fingerprint density at radius 1 is 1.18 bits per heavy atom. The lowest BCUT2D eigenvalue weighted by molar-refractivity contribution is -0.119. The molecule has 146 valence electrons. The maximum atomic E-state index is 12.6. The van der Waals surface area contributed by atoms with E-state index >= 15 is 0 Å². The molecule has 0 bridgehead atoms. The van der Waals surface area contributed by atoms with Crippen LogP contribution in [0.5, 0.6) is 0 Å². The lowest BCUT2D eigenvalue weighted by Crippen LogP contribution is -2.48. The maximum Gasteiger partial charge on any atom is 0.252 e. The predicted octanol–water partition coefficient (Wildman–Crippen LogP) is 2.36. The molecule has 0 radical (unpaired) electrons. The summed E-state index contributed by atoms with van der Waals surface area (Å²) >= 11 is 1.53. The second-order valence-electron chi connectivity index (χ2n) is 6.81. The van der Waals surface area contributed by atoms with E-state index in [9.17, 15) is 9.59 Å². The summed E-state index contributed by atoms with van der Waals surface area (Å²) < 4.78 is 5.37. The summed E-state index contributed by atoms with van der Waals surface area (Å²) in [5, 5.41) is 5.66. The molecule has 2 aromatic rings. The Balaban J connectivity index is 1.38. The van der Waals surface area contributed by atoms with Gasteiger partial charge < -0.3 is 15.4 Å². The van der Waals surface area contributed by atoms with Crippen LogP contribution in [0.2, 0.25) is 0 Å². The van der Waals surface area contributed by atoms with E-state index in [-0.39, 0.29) is 17.2 Å². The van der Waals surface area contributed by atoms with E-state index in [2.05, 4.69) is 15.5 Å². The molecule has 1 fully saturated rings. The Kier molecular flexibility index (Phi) is 5.95. The minimum atomic E-state index is -0.248. The monoisotopic (exact) mass is 397 g/mol. The summed E-state index contributed by atoms with van der Waals surface area (Å²) in [6.45, 7) is 3.38. The Hall–Kier alpha value is -2.35. The van der Waals surface area contributed by atoms with E-state index in [1.807, 2.05) is 42.5 Å². The third-order valence-electron chi connectivity index (χ3n) is 4.88. The van der Waals surface area contributed by atoms with E-state index in [4.69, 9.17) is 4.74 Å². The number of carbonyl (C=O) groups excluding carboxylic acids is 2. The third-order valence-corrected chi connectivity index (χ3v) is 6.23. The predicted molar refractivity (Wildman–Crippen MR) is 110 cm³/mol. The van der Waals surface area contributed by atoms with Crippen molar-refractivity contribution in [3.63, 3.8) is 0 Å². The number of carbonyl (C=O) groups is 2. The Morgan fingerprint density at radius 2 is 1.96 bits per heavy atom. The van der Waals surface area contributed by atoms with Gasteiger partial charge in [0.2, 0.25) is 0 Å². The molecule has 0 aromatic heterocycles. The van der Waals surface area contributed by atoms with E-state index in [0.29, 0.717) is 31.0 Å². The van der Waals surface area contributed by atoms with Crippen LogP contribution in [0.25, 0.3) is 0 Å². The van der Waals surface area contributed by atoms with Gasteiger partial charge in [-0.2, -0.15) is 0 Å². The van der Waals surface area contributed by atoms with Gasteiger partial charge in [0.25, 0.3) is 11.8 Å². The molecule has 6 nitrogen and oxygen atoms in total. The van der Waals surface area contributed by atoms with E-state index < -0.39 is 0 Å². The number of rotatable bonds is 5. The number of morpholine rings is 1. The molecule has 2 aliphatic heterocycles. The number of amides is 2. The fourth-order valence-electron chi connectivity index (χ4n) is 3.36. The highest BCUT2D eigenvalue weighted by atomic mass is 32.2. The van der Waals surface area contributed by atoms with Crippen LogP contribution in [0.4, 0.5) is 5.69 Å². The van der Waals surface area contributed by atoms with Gasteiger partial charge in [-0.15, -0.1) is 0 Å². The molecule has 1 saturated heterocycles. The fourth-order valence-corrected chi connectivity index (χ4v) is 4.51. The average Bonchev–Trinajstić information content (AvgIpc) is 2.74. The maximum absolute atomic E-state index is 12.6. The second kappa shape index (κ2) is 8.77. The summed E-state index contributed by atoms with van der Waals surface area (Å²) in [5.41, 5.74) is 2.44. The average molecular weight is 398 g/mol. The number of hydrogen-bond acceptors (Lipinski definition) is 5. The van der Waals surface area contributed by atoms with Crippen molar-refractivity contribution in [2.24, 2.45) is 0 Å². The molecule has 1 atom stereocenters. The van der Waals surface area contributed by atoms with Gasteiger partial charge in [-0.1, -0.05) is 42.1 Å². The van der Waals surface area contributed by atoms with Crippen molar-refractivity contribution in [2.75, 3.05) is 38.2 Å². The molecule has 2 heterocycles. The molecule has 0 aliphatic carbocycles. The summed E-state index contributed by atoms with van der Waals surface area (Å²) in [6.07, 6.45) is 0.783. The van der Waals surface area contributed by atoms with E-state index in [0.717, 1.165) is 24.4 Å². The van der Waals surface area contributed by atoms with Crippen LogP contribution in [0.15, 0.2) is 53.4 Å². The zero-order valence-electron chi connectivity index (χ0n) is 15.5. The molecule has 2 N–H and O–H groups in total. The van der Waals surface area contributed by atoms with Crippen LogP contribution in [0.1, 0.15) is 15.9 Å². The SMILES string of the molecule is O=C(NCCc1ccccc1)c1ccc2c(c1)NC(=O)C(N1CCOCC1)S2. The number of hydrogen-bond donors (Lipinski definition) is 2. The van der Waals surface area contributed by atoms with Crippen molar-refractivity contribution in [2.45, 2.75) is 16.7 Å². The van der Waals surface area contributed by atoms with Gasteiger partial charge in [-0.3, -0.25) is 14.5 Å². The largest absolute Gasteiger partial charge is 0.379 e. The van der Waals surface area contributed by atoms with Crippen molar-refractivity contribution in [1.82, 2.24) is 10.2 Å². The van der Waals surface area contributed by atoms with Gasteiger partial charge in [0.15, 0.2) is 0 Å². The molecule has 2 aromatic carbocycles. The van der Waals surface area contributed by atoms with Crippen molar-refractivity contribution >= 4 is 29.3 Å². The van der Waals surface area contributed by atoms with Gasteiger partial charge >= 0.3 is 0 Å². The van der Waals surface area contributed by atoms with Gasteiger partial charge in [0, 0.05) is 30.1 Å². The molecule has 0 spiro atoms. The number of nitrogens with zero attached hydrogens (tertiary/aromatic N) is 1. The van der Waals surface area contributed by atoms with Crippen LogP contribution < -0.4 is 10.6 Å². The summed E-state index contributed by atoms with van der Waals surface area (Å²) in [5.74, 6) is -0.172. The van der Waals surface area contributed by atoms with Crippen molar-refractivity contribution < 1.29 is 14.3 Å². The first-order valence-electron chi connectivity index (χ1n) is 9.46. The number of nitrogens with one attached hydrogen (secondary N) is 2. The van der Waals surface area contributed by atoms with Gasteiger partial charge in [0.1, 0.15) is 5.37 Å². The van der Waals surface area contributed by atoms with Gasteiger partial charge in [-0.25, -0.2) is 0 Å². The highest BCUT2D eigenvalue weighted by Gasteiger charge is 2.33. The number of thioether (sulfide) groups is 1. The topological polar surface area (TPSA) is 70.7 Å². The lowest BCUT2D eigenvalue weighted by atomic mass is 10.1. The summed E-state index contributed by atoms with van der Waals surface area (Å²) in [7, 11) is 0. The molecule has 0 saturated carbocycles. The number of fused-ring (bicyclic) bond motifs is 1. The first-order chi connectivity index (χ1) is 13.7. The molecular formula is C21H23N3O3S. The van der Waals surface area contributed by atoms with Crippen LogP contribution in [0, 0.1) is 0 Å². The van der Waals surface area contributed by atoms with Crippen LogP contribution in [-0.2, 0) is 16.0 Å². The Morgan fingerprint density at radius 3 is 2.75 bits per heavy atom. The Labute approximate surface area is 168 Å². The van der Waals surface area contributed by atoms with Crippen molar-refractivity contribution in [3.05, 3.63) is 59.7 Å². The first-order valence-corrected chi connectivity index (χ1v) is 10.3. The highest BCUT2D eigenvalue weighted by Crippen LogP contribution is 2.37. The standard InChI is InChI=1S/C21H23N3O3S/c25-19(22-9-8-15-4-2-1-3-5-15)16-6-7-18-17(14-16)23-20(26)21(28-18)24-10-12-27-13-11-24/h1-7,14,21H,8-13H2,(H,22,25)(H,23,26). The zero-order valence-corrected chi connectivity index (χ0v) is 16.3. The number of anilines is 1. The summed E-state index contributed by atoms with van der Waals surface area (Å²) in [4.78, 5) is 28.1. The molecule has 1 unspecified atom stereocenters. The van der Waals surface area contributed by atoms with E-state index in [1.54, 1.807) is 6.07 Å². The van der Waals surface area contributed by atoms with Gasteiger partial charge in [-0.05, 0) is 30.2 Å². The number of ether oxygens (including phenoxy) is 1. The minimum Gasteiger partial charge on any atom is -0.379 e. The van der Waals surface area contributed by atoms with Crippen LogP contribution >= 0.6 is 11.8 Å². The molecule has 7 heteroatoms. The zero-order chi connectivity index (χ0) is 19.3. The fraction of sp³-hybridized carbons (Fsp3) is 0.333. The lowest BCUT2D eigenvalue weighted by Gasteiger charge is -2.35. The first kappa shape index (κ1) is 19.0. The third kappa shape index (κ3) is 4.38. The number of benzene rings is 2. The molecule has 2 amide bonds. The van der Waals surface area contributed by atoms with Crippen molar-refractivity contribution in [3.8, 4) is 0 Å². The van der Waals surface area contributed by atoms with Crippen molar-refractivity contribution in [1.29, 1.82) is 0 Å². The van der Waals surface area contributed by atoms with Gasteiger partial charge in [0.05, 0.1) is 18.9 Å². The van der Waals surface area contributed by atoms with Crippen LogP contribution in [-0.4, -0.2) is 54.9 Å². The Bertz CT molecular complexity index is 853. The molecule has 4 rings (SSSR count). The highest BCUT2D eigenvalue weighted by molar-refractivity contribution is 8.00. The molecular weight excluding hydrogens is 374 g/mol. The van der Waals surface area contributed by atoms with E-state index in [1.165, 1.54) is 17.3 Å². The molecule has 28 heavy (non-hydrogen) atoms. The smallest absolute Gasteiger partial charge is 0.252 e. The second-order valence-corrected chi connectivity index (χ2v) is 7.93. The van der Waals surface area contributed by atoms with Crippen LogP contribution in [0.3, 0.4) is 0 Å². The normalized spacial score (nSPS) is 19.6. The minimum absolute atomic E-state index is 0.0407. The summed E-state index contributed by atoms with van der Waals surface area (Å²) in [6, 6.07) is 15.5. The molecule has 2 aliphatic rings.